The number of hydrogen-bond donors (Lipinski definition) is 2. The summed E-state index contributed by atoms with van der Waals surface area (Å²) in [5, 5.41) is 11.5. The molecule has 0 spiro atoms. The summed E-state index contributed by atoms with van der Waals surface area (Å²) in [6.07, 6.45) is 3.64. The maximum atomic E-state index is 10.2. The van der Waals surface area contributed by atoms with E-state index < -0.39 is 5.97 Å². The van der Waals surface area contributed by atoms with Gasteiger partial charge in [0, 0.05) is 24.7 Å². The molecule has 1 aromatic carbocycles. The van der Waals surface area contributed by atoms with E-state index in [4.69, 9.17) is 9.84 Å². The number of fused-ring (bicyclic) bond motifs is 1. The number of rotatable bonds is 4. The summed E-state index contributed by atoms with van der Waals surface area (Å²) >= 11 is 0. The largest absolute Gasteiger partial charge is 0.493 e. The Kier molecular flexibility index (Phi) is 3.10. The fourth-order valence-corrected chi connectivity index (χ4v) is 1.63. The van der Waals surface area contributed by atoms with Gasteiger partial charge in [0.05, 0.1) is 6.61 Å². The van der Waals surface area contributed by atoms with E-state index >= 15 is 0 Å². The normalized spacial score (nSPS) is 13.5. The van der Waals surface area contributed by atoms with Crippen molar-refractivity contribution in [1.29, 1.82) is 0 Å². The molecule has 0 aliphatic carbocycles. The lowest BCUT2D eigenvalue weighted by molar-refractivity contribution is -0.131. The number of hydrogen-bond acceptors (Lipinski definition) is 3. The highest BCUT2D eigenvalue weighted by Gasteiger charge is 2.11. The van der Waals surface area contributed by atoms with Crippen molar-refractivity contribution in [2.45, 2.75) is 6.42 Å². The summed E-state index contributed by atoms with van der Waals surface area (Å²) < 4.78 is 5.39. The first-order valence-corrected chi connectivity index (χ1v) is 5.15. The van der Waals surface area contributed by atoms with Crippen LogP contribution in [0.1, 0.15) is 5.56 Å². The Morgan fingerprint density at radius 3 is 3.25 bits per heavy atom. The van der Waals surface area contributed by atoms with Crippen LogP contribution in [-0.2, 0) is 11.2 Å². The lowest BCUT2D eigenvalue weighted by Crippen LogP contribution is -1.99. The van der Waals surface area contributed by atoms with Gasteiger partial charge in [-0.25, -0.2) is 4.79 Å². The minimum atomic E-state index is -0.927. The number of carboxylic acid groups (broad SMARTS) is 1. The first kappa shape index (κ1) is 10.5. The molecule has 16 heavy (non-hydrogen) atoms. The Bertz CT molecular complexity index is 426. The molecule has 1 aromatic rings. The topological polar surface area (TPSA) is 58.6 Å². The van der Waals surface area contributed by atoms with Crippen LogP contribution < -0.4 is 10.1 Å². The predicted octanol–water partition coefficient (Wildman–Crippen LogP) is 1.67. The van der Waals surface area contributed by atoms with E-state index in [1.807, 2.05) is 18.2 Å². The van der Waals surface area contributed by atoms with Crippen molar-refractivity contribution in [2.24, 2.45) is 0 Å². The predicted molar refractivity (Wildman–Crippen MR) is 60.9 cm³/mol. The van der Waals surface area contributed by atoms with Crippen LogP contribution in [0.5, 0.6) is 5.75 Å². The van der Waals surface area contributed by atoms with E-state index in [1.165, 1.54) is 5.56 Å². The van der Waals surface area contributed by atoms with Crippen molar-refractivity contribution in [3.05, 3.63) is 35.9 Å². The molecule has 0 unspecified atom stereocenters. The third-order valence-electron chi connectivity index (χ3n) is 2.37. The van der Waals surface area contributed by atoms with Crippen LogP contribution in [-0.4, -0.2) is 24.2 Å². The number of carbonyl (C=O) groups is 1. The van der Waals surface area contributed by atoms with Gasteiger partial charge in [-0.1, -0.05) is 6.08 Å². The van der Waals surface area contributed by atoms with Gasteiger partial charge < -0.3 is 15.2 Å². The number of ether oxygens (including phenoxy) is 1. The number of benzene rings is 1. The van der Waals surface area contributed by atoms with E-state index in [-0.39, 0.29) is 0 Å². The first-order chi connectivity index (χ1) is 7.75. The van der Waals surface area contributed by atoms with Crippen LogP contribution >= 0.6 is 0 Å². The zero-order chi connectivity index (χ0) is 11.4. The molecular formula is C12H13NO3. The van der Waals surface area contributed by atoms with Crippen molar-refractivity contribution in [1.82, 2.24) is 0 Å². The highest BCUT2D eigenvalue weighted by Crippen LogP contribution is 2.27. The van der Waals surface area contributed by atoms with Crippen LogP contribution in [0, 0.1) is 0 Å². The molecule has 0 radical (unpaired) electrons. The molecular weight excluding hydrogens is 206 g/mol. The Morgan fingerprint density at radius 1 is 1.56 bits per heavy atom. The van der Waals surface area contributed by atoms with Crippen molar-refractivity contribution in [3.63, 3.8) is 0 Å². The Balaban J connectivity index is 1.93. The maximum absolute atomic E-state index is 10.2. The molecule has 4 heteroatoms. The lowest BCUT2D eigenvalue weighted by Gasteiger charge is -2.05. The van der Waals surface area contributed by atoms with Gasteiger partial charge in [-0.15, -0.1) is 0 Å². The average Bonchev–Trinajstić information content (AvgIpc) is 2.71. The average molecular weight is 219 g/mol. The first-order valence-electron chi connectivity index (χ1n) is 5.15. The van der Waals surface area contributed by atoms with Crippen LogP contribution in [0.15, 0.2) is 30.4 Å². The van der Waals surface area contributed by atoms with Gasteiger partial charge in [-0.3, -0.25) is 0 Å². The van der Waals surface area contributed by atoms with Crippen molar-refractivity contribution >= 4 is 11.7 Å². The van der Waals surface area contributed by atoms with Crippen molar-refractivity contribution in [2.75, 3.05) is 18.5 Å². The van der Waals surface area contributed by atoms with Crippen molar-refractivity contribution < 1.29 is 14.6 Å². The Hall–Kier alpha value is -1.97. The molecule has 1 aliphatic rings. The molecule has 2 N–H and O–H groups in total. The molecule has 0 saturated carbocycles. The molecule has 84 valence electrons. The van der Waals surface area contributed by atoms with Gasteiger partial charge in [-0.2, -0.15) is 0 Å². The van der Waals surface area contributed by atoms with Gasteiger partial charge in [-0.05, 0) is 23.8 Å². The number of nitrogens with one attached hydrogen (secondary N) is 1. The van der Waals surface area contributed by atoms with Gasteiger partial charge in [0.2, 0.25) is 0 Å². The monoisotopic (exact) mass is 219 g/mol. The smallest absolute Gasteiger partial charge is 0.328 e. The molecule has 1 aliphatic heterocycles. The quantitative estimate of drug-likeness (QED) is 0.756. The van der Waals surface area contributed by atoms with E-state index in [1.54, 1.807) is 6.08 Å². The molecule has 0 fully saturated rings. The SMILES string of the molecule is O=C(O)/C=C/CNc1ccc2c(c1)CCO2. The fraction of sp³-hybridized carbons (Fsp3) is 0.250. The third-order valence-corrected chi connectivity index (χ3v) is 2.37. The zero-order valence-electron chi connectivity index (χ0n) is 8.77. The zero-order valence-corrected chi connectivity index (χ0v) is 8.77. The van der Waals surface area contributed by atoms with E-state index in [2.05, 4.69) is 5.32 Å². The second-order valence-corrected chi connectivity index (χ2v) is 3.54. The van der Waals surface area contributed by atoms with E-state index in [0.29, 0.717) is 6.54 Å². The number of carboxylic acids is 1. The van der Waals surface area contributed by atoms with E-state index in [9.17, 15) is 4.79 Å². The van der Waals surface area contributed by atoms with Gasteiger partial charge >= 0.3 is 5.97 Å². The number of anilines is 1. The Labute approximate surface area is 93.5 Å². The third kappa shape index (κ3) is 2.53. The van der Waals surface area contributed by atoms with Crippen LogP contribution in [0.3, 0.4) is 0 Å². The van der Waals surface area contributed by atoms with Crippen LogP contribution in [0.2, 0.25) is 0 Å². The Morgan fingerprint density at radius 2 is 2.44 bits per heavy atom. The maximum Gasteiger partial charge on any atom is 0.328 e. The van der Waals surface area contributed by atoms with Crippen LogP contribution in [0.25, 0.3) is 0 Å². The minimum absolute atomic E-state index is 0.506. The molecule has 0 saturated heterocycles. The van der Waals surface area contributed by atoms with Gasteiger partial charge in [0.1, 0.15) is 5.75 Å². The highest BCUT2D eigenvalue weighted by molar-refractivity contribution is 5.79. The van der Waals surface area contributed by atoms with Crippen LogP contribution in [0.4, 0.5) is 5.69 Å². The molecule has 0 atom stereocenters. The molecule has 0 amide bonds. The summed E-state index contributed by atoms with van der Waals surface area (Å²) in [5.41, 5.74) is 2.19. The van der Waals surface area contributed by atoms with Gasteiger partial charge in [0.15, 0.2) is 0 Å². The fourth-order valence-electron chi connectivity index (χ4n) is 1.63. The van der Waals surface area contributed by atoms with E-state index in [0.717, 1.165) is 30.5 Å². The standard InChI is InChI=1S/C12H13NO3/c14-12(15)2-1-6-13-10-3-4-11-9(8-10)5-7-16-11/h1-4,8,13H,5-7H2,(H,14,15)/b2-1+. The highest BCUT2D eigenvalue weighted by atomic mass is 16.5. The second-order valence-electron chi connectivity index (χ2n) is 3.54. The molecule has 4 nitrogen and oxygen atoms in total. The summed E-state index contributed by atoms with van der Waals surface area (Å²) in [5.74, 6) is 0.0239. The molecule has 0 aromatic heterocycles. The summed E-state index contributed by atoms with van der Waals surface area (Å²) in [7, 11) is 0. The second kappa shape index (κ2) is 4.70. The molecule has 2 rings (SSSR count). The molecule has 0 bridgehead atoms. The minimum Gasteiger partial charge on any atom is -0.493 e. The summed E-state index contributed by atoms with van der Waals surface area (Å²) in [6.45, 7) is 1.25. The summed E-state index contributed by atoms with van der Waals surface area (Å²) in [4.78, 5) is 10.2. The number of aliphatic carboxylic acids is 1. The molecule has 1 heterocycles. The lowest BCUT2D eigenvalue weighted by atomic mass is 10.1. The summed E-state index contributed by atoms with van der Waals surface area (Å²) in [6, 6.07) is 5.90. The van der Waals surface area contributed by atoms with Crippen molar-refractivity contribution in [3.8, 4) is 5.75 Å². The van der Waals surface area contributed by atoms with Gasteiger partial charge in [0.25, 0.3) is 0 Å².